The molecule has 0 bridgehead atoms. The Hall–Kier alpha value is -1.53. The van der Waals surface area contributed by atoms with Crippen molar-refractivity contribution in [2.24, 2.45) is 0 Å². The minimum Gasteiger partial charge on any atom is -0.387 e. The lowest BCUT2D eigenvalue weighted by molar-refractivity contribution is 0.161. The molecule has 2 aromatic heterocycles. The molecule has 6 heteroatoms. The maximum Gasteiger partial charge on any atom is 0.179 e. The van der Waals surface area contributed by atoms with E-state index in [2.05, 4.69) is 20.8 Å². The molecule has 0 aliphatic heterocycles. The zero-order valence-electron chi connectivity index (χ0n) is 9.45. The van der Waals surface area contributed by atoms with Gasteiger partial charge in [0, 0.05) is 24.3 Å². The molecule has 2 aromatic rings. The van der Waals surface area contributed by atoms with E-state index in [1.165, 1.54) is 19.3 Å². The van der Waals surface area contributed by atoms with Crippen LogP contribution in [0.1, 0.15) is 30.9 Å². The molecule has 0 radical (unpaired) electrons. The first-order valence-corrected chi connectivity index (χ1v) is 5.92. The molecule has 0 saturated heterocycles. The zero-order chi connectivity index (χ0) is 11.7. The Kier molecular flexibility index (Phi) is 2.74. The lowest BCUT2D eigenvalue weighted by Crippen LogP contribution is -2.37. The van der Waals surface area contributed by atoms with E-state index in [0.29, 0.717) is 18.2 Å². The molecule has 2 heterocycles. The molecular weight excluding hydrogens is 218 g/mol. The van der Waals surface area contributed by atoms with Gasteiger partial charge in [0.15, 0.2) is 5.65 Å². The highest BCUT2D eigenvalue weighted by molar-refractivity contribution is 5.36. The SMILES string of the molecule is O[C@@H](CNC1CCC1)c1ccc2nnnn2c1. The van der Waals surface area contributed by atoms with Crippen molar-refractivity contribution in [3.8, 4) is 0 Å². The highest BCUT2D eigenvalue weighted by Crippen LogP contribution is 2.19. The van der Waals surface area contributed by atoms with Gasteiger partial charge in [-0.3, -0.25) is 0 Å². The van der Waals surface area contributed by atoms with Crippen molar-refractivity contribution >= 4 is 5.65 Å². The summed E-state index contributed by atoms with van der Waals surface area (Å²) in [5.41, 5.74) is 1.52. The largest absolute Gasteiger partial charge is 0.387 e. The van der Waals surface area contributed by atoms with Gasteiger partial charge >= 0.3 is 0 Å². The third-order valence-corrected chi connectivity index (χ3v) is 3.30. The average Bonchev–Trinajstić information content (AvgIpc) is 2.73. The predicted molar refractivity (Wildman–Crippen MR) is 61.4 cm³/mol. The number of aliphatic hydroxyl groups is 1. The van der Waals surface area contributed by atoms with Crippen molar-refractivity contribution in [2.75, 3.05) is 6.54 Å². The maximum atomic E-state index is 10.0. The van der Waals surface area contributed by atoms with Gasteiger partial charge in [0.1, 0.15) is 0 Å². The van der Waals surface area contributed by atoms with Gasteiger partial charge in [-0.2, -0.15) is 0 Å². The Bertz CT molecular complexity index is 507. The fourth-order valence-corrected chi connectivity index (χ4v) is 1.96. The normalized spacial score (nSPS) is 18.2. The second-order valence-corrected chi connectivity index (χ2v) is 4.50. The maximum absolute atomic E-state index is 10.0. The lowest BCUT2D eigenvalue weighted by atomic mass is 9.93. The van der Waals surface area contributed by atoms with Crippen LogP contribution in [0.3, 0.4) is 0 Å². The van der Waals surface area contributed by atoms with Crippen LogP contribution in [0.25, 0.3) is 5.65 Å². The first-order chi connectivity index (χ1) is 8.33. The number of hydrogen-bond acceptors (Lipinski definition) is 5. The number of nitrogens with one attached hydrogen (secondary N) is 1. The van der Waals surface area contributed by atoms with Crippen molar-refractivity contribution in [2.45, 2.75) is 31.4 Å². The Labute approximate surface area is 98.6 Å². The summed E-state index contributed by atoms with van der Waals surface area (Å²) < 4.78 is 1.57. The lowest BCUT2D eigenvalue weighted by Gasteiger charge is -2.27. The van der Waals surface area contributed by atoms with Crippen molar-refractivity contribution in [3.05, 3.63) is 23.9 Å². The van der Waals surface area contributed by atoms with Crippen LogP contribution in [0.15, 0.2) is 18.3 Å². The fourth-order valence-electron chi connectivity index (χ4n) is 1.96. The summed E-state index contributed by atoms with van der Waals surface area (Å²) in [6, 6.07) is 4.25. The van der Waals surface area contributed by atoms with E-state index in [9.17, 15) is 5.11 Å². The molecule has 90 valence electrons. The Morgan fingerprint density at radius 2 is 2.35 bits per heavy atom. The number of hydrogen-bond donors (Lipinski definition) is 2. The molecule has 0 amide bonds. The molecule has 6 nitrogen and oxygen atoms in total. The van der Waals surface area contributed by atoms with Crippen LogP contribution in [0.5, 0.6) is 0 Å². The highest BCUT2D eigenvalue weighted by atomic mass is 16.3. The third kappa shape index (κ3) is 2.13. The third-order valence-electron chi connectivity index (χ3n) is 3.30. The number of tetrazole rings is 1. The average molecular weight is 233 g/mol. The number of aromatic nitrogens is 4. The summed E-state index contributed by atoms with van der Waals surface area (Å²) in [4.78, 5) is 0. The van der Waals surface area contributed by atoms with Crippen LogP contribution >= 0.6 is 0 Å². The topological polar surface area (TPSA) is 75.3 Å². The van der Waals surface area contributed by atoms with Crippen LogP contribution in [-0.4, -0.2) is 37.7 Å². The summed E-state index contributed by atoms with van der Waals surface area (Å²) in [5.74, 6) is 0. The molecule has 1 aliphatic rings. The van der Waals surface area contributed by atoms with E-state index >= 15 is 0 Å². The molecule has 1 saturated carbocycles. The van der Waals surface area contributed by atoms with E-state index in [1.807, 2.05) is 12.1 Å². The first-order valence-electron chi connectivity index (χ1n) is 5.92. The smallest absolute Gasteiger partial charge is 0.179 e. The molecule has 0 aromatic carbocycles. The monoisotopic (exact) mass is 233 g/mol. The minimum absolute atomic E-state index is 0.510. The number of nitrogens with zero attached hydrogens (tertiary/aromatic N) is 4. The van der Waals surface area contributed by atoms with Crippen LogP contribution in [0.4, 0.5) is 0 Å². The number of pyridine rings is 1. The Morgan fingerprint density at radius 1 is 1.47 bits per heavy atom. The zero-order valence-corrected chi connectivity index (χ0v) is 9.45. The van der Waals surface area contributed by atoms with E-state index in [0.717, 1.165) is 5.56 Å². The van der Waals surface area contributed by atoms with Gasteiger partial charge in [0.05, 0.1) is 6.10 Å². The van der Waals surface area contributed by atoms with Crippen molar-refractivity contribution in [1.29, 1.82) is 0 Å². The van der Waals surface area contributed by atoms with Gasteiger partial charge in [-0.1, -0.05) is 12.5 Å². The number of aliphatic hydroxyl groups excluding tert-OH is 1. The second-order valence-electron chi connectivity index (χ2n) is 4.50. The molecule has 1 aliphatic carbocycles. The van der Waals surface area contributed by atoms with Crippen LogP contribution in [-0.2, 0) is 0 Å². The van der Waals surface area contributed by atoms with Gasteiger partial charge in [-0.25, -0.2) is 4.52 Å². The molecule has 17 heavy (non-hydrogen) atoms. The fraction of sp³-hybridized carbons (Fsp3) is 0.545. The summed E-state index contributed by atoms with van der Waals surface area (Å²) >= 11 is 0. The van der Waals surface area contributed by atoms with E-state index in [-0.39, 0.29) is 0 Å². The van der Waals surface area contributed by atoms with E-state index in [4.69, 9.17) is 0 Å². The summed E-state index contributed by atoms with van der Waals surface area (Å²) in [7, 11) is 0. The predicted octanol–water partition coefficient (Wildman–Crippen LogP) is 0.300. The van der Waals surface area contributed by atoms with Crippen LogP contribution < -0.4 is 5.32 Å². The van der Waals surface area contributed by atoms with Gasteiger partial charge in [-0.15, -0.1) is 5.10 Å². The van der Waals surface area contributed by atoms with Crippen molar-refractivity contribution < 1.29 is 5.11 Å². The van der Waals surface area contributed by atoms with Gasteiger partial charge in [-0.05, 0) is 29.3 Å². The summed E-state index contributed by atoms with van der Waals surface area (Å²) in [6.07, 6.45) is 4.99. The van der Waals surface area contributed by atoms with Crippen LogP contribution in [0.2, 0.25) is 0 Å². The Balaban J connectivity index is 1.68. The quantitative estimate of drug-likeness (QED) is 0.794. The summed E-state index contributed by atoms with van der Waals surface area (Å²) in [6.45, 7) is 0.582. The molecule has 1 atom stereocenters. The summed E-state index contributed by atoms with van der Waals surface area (Å²) in [5, 5.41) is 24.6. The van der Waals surface area contributed by atoms with E-state index in [1.54, 1.807) is 10.7 Å². The molecule has 0 spiro atoms. The van der Waals surface area contributed by atoms with Gasteiger partial charge < -0.3 is 10.4 Å². The van der Waals surface area contributed by atoms with Crippen molar-refractivity contribution in [3.63, 3.8) is 0 Å². The number of rotatable bonds is 4. The minimum atomic E-state index is -0.510. The van der Waals surface area contributed by atoms with Crippen molar-refractivity contribution in [1.82, 2.24) is 25.4 Å². The standard InChI is InChI=1S/C11H15N5O/c17-10(6-12-9-2-1-3-9)8-4-5-11-13-14-15-16(11)7-8/h4-5,7,9-10,12,17H,1-3,6H2/t10-/m0/s1. The molecule has 2 N–H and O–H groups in total. The second kappa shape index (κ2) is 4.38. The first kappa shape index (κ1) is 10.6. The van der Waals surface area contributed by atoms with E-state index < -0.39 is 6.10 Å². The molecule has 3 rings (SSSR count). The molecule has 0 unspecified atom stereocenters. The molecular formula is C11H15N5O. The number of fused-ring (bicyclic) bond motifs is 1. The highest BCUT2D eigenvalue weighted by Gasteiger charge is 2.18. The molecule has 1 fully saturated rings. The van der Waals surface area contributed by atoms with Crippen LogP contribution in [0, 0.1) is 0 Å². The van der Waals surface area contributed by atoms with Gasteiger partial charge in [0.25, 0.3) is 0 Å². The van der Waals surface area contributed by atoms with Gasteiger partial charge in [0.2, 0.25) is 0 Å². The Morgan fingerprint density at radius 3 is 3.12 bits per heavy atom.